The van der Waals surface area contributed by atoms with E-state index in [9.17, 15) is 4.79 Å². The molecule has 0 atom stereocenters. The smallest absolute Gasteiger partial charge is 0.336 e. The molecular weight excluding hydrogens is 250 g/mol. The molecule has 0 saturated carbocycles. The third kappa shape index (κ3) is 3.95. The van der Waals surface area contributed by atoms with Crippen molar-refractivity contribution in [1.82, 2.24) is 15.1 Å². The second-order valence-electron chi connectivity index (χ2n) is 4.80. The summed E-state index contributed by atoms with van der Waals surface area (Å²) in [7, 11) is 0. The number of aromatic nitrogens is 2. The molecule has 0 aliphatic carbocycles. The van der Waals surface area contributed by atoms with Crippen LogP contribution in [0.25, 0.3) is 11.3 Å². The number of hydrogen-bond acceptors (Lipinski definition) is 2. The maximum Gasteiger partial charge on any atom is 0.342 e. The molecule has 1 aromatic heterocycles. The monoisotopic (exact) mass is 271 g/mol. The summed E-state index contributed by atoms with van der Waals surface area (Å²) in [6.45, 7) is 2.88. The summed E-state index contributed by atoms with van der Waals surface area (Å²) < 4.78 is 1.36. The average molecular weight is 271 g/mol. The molecule has 0 aliphatic rings. The number of benzene rings is 1. The summed E-state index contributed by atoms with van der Waals surface area (Å²) in [5, 5.41) is 7.18. The molecule has 1 heterocycles. The predicted molar refractivity (Wildman–Crippen MR) is 80.6 cm³/mol. The lowest BCUT2D eigenvalue weighted by Gasteiger charge is -2.04. The van der Waals surface area contributed by atoms with Crippen LogP contribution in [0.3, 0.4) is 0 Å². The molecule has 106 valence electrons. The summed E-state index contributed by atoms with van der Waals surface area (Å²) in [6, 6.07) is 11.5. The van der Waals surface area contributed by atoms with Crippen LogP contribution in [0, 0.1) is 0 Å². The Kier molecular flexibility index (Phi) is 5.35. The van der Waals surface area contributed by atoms with Gasteiger partial charge in [0.25, 0.3) is 0 Å². The van der Waals surface area contributed by atoms with E-state index in [1.165, 1.54) is 17.5 Å². The van der Waals surface area contributed by atoms with Crippen molar-refractivity contribution in [2.24, 2.45) is 0 Å². The first kappa shape index (κ1) is 14.3. The number of hydrogen-bond donors (Lipinski definition) is 1. The average Bonchev–Trinajstić information content (AvgIpc) is 2.98. The summed E-state index contributed by atoms with van der Waals surface area (Å²) in [5.41, 5.74) is 1.83. The van der Waals surface area contributed by atoms with Gasteiger partial charge in [-0.15, -0.1) is 0 Å². The van der Waals surface area contributed by atoms with E-state index in [4.69, 9.17) is 0 Å². The third-order valence-electron chi connectivity index (χ3n) is 3.17. The highest BCUT2D eigenvalue weighted by atomic mass is 16.2. The maximum atomic E-state index is 11.9. The fourth-order valence-corrected chi connectivity index (χ4v) is 2.03. The lowest BCUT2D eigenvalue weighted by Crippen LogP contribution is -2.29. The minimum absolute atomic E-state index is 0.163. The molecule has 0 aliphatic heterocycles. The Morgan fingerprint density at radius 1 is 1.15 bits per heavy atom. The largest absolute Gasteiger partial charge is 0.342 e. The summed E-state index contributed by atoms with van der Waals surface area (Å²) in [5.74, 6) is 0. The topological polar surface area (TPSA) is 46.9 Å². The van der Waals surface area contributed by atoms with Gasteiger partial charge in [-0.1, -0.05) is 56.5 Å². The van der Waals surface area contributed by atoms with Crippen molar-refractivity contribution >= 4 is 6.03 Å². The predicted octanol–water partition coefficient (Wildman–Crippen LogP) is 3.69. The number of carbonyl (C=O) groups is 1. The van der Waals surface area contributed by atoms with Crippen LogP contribution in [0.15, 0.2) is 42.6 Å². The van der Waals surface area contributed by atoms with Gasteiger partial charge in [0.2, 0.25) is 0 Å². The molecule has 0 spiro atoms. The Labute approximate surface area is 119 Å². The van der Waals surface area contributed by atoms with Crippen molar-refractivity contribution in [3.05, 3.63) is 42.6 Å². The molecule has 1 aromatic carbocycles. The van der Waals surface area contributed by atoms with E-state index in [2.05, 4.69) is 17.3 Å². The first-order valence-electron chi connectivity index (χ1n) is 7.20. The highest BCUT2D eigenvalue weighted by Crippen LogP contribution is 2.15. The second-order valence-corrected chi connectivity index (χ2v) is 4.80. The second kappa shape index (κ2) is 7.48. The molecule has 4 heteroatoms. The molecule has 1 N–H and O–H groups in total. The zero-order valence-electron chi connectivity index (χ0n) is 11.9. The lowest BCUT2D eigenvalue weighted by molar-refractivity contribution is 0.239. The fourth-order valence-electron chi connectivity index (χ4n) is 2.03. The molecule has 0 bridgehead atoms. The summed E-state index contributed by atoms with van der Waals surface area (Å²) in [6.07, 6.45) is 6.30. The zero-order valence-corrected chi connectivity index (χ0v) is 11.9. The normalized spacial score (nSPS) is 10.4. The van der Waals surface area contributed by atoms with Crippen molar-refractivity contribution in [1.29, 1.82) is 0 Å². The van der Waals surface area contributed by atoms with Gasteiger partial charge in [-0.25, -0.2) is 4.79 Å². The quantitative estimate of drug-likeness (QED) is 0.814. The van der Waals surface area contributed by atoms with Gasteiger partial charge < -0.3 is 5.32 Å². The van der Waals surface area contributed by atoms with Gasteiger partial charge in [0, 0.05) is 18.3 Å². The number of nitrogens with one attached hydrogen (secondary N) is 1. The van der Waals surface area contributed by atoms with Crippen molar-refractivity contribution in [3.8, 4) is 11.3 Å². The van der Waals surface area contributed by atoms with Gasteiger partial charge in [0.1, 0.15) is 0 Å². The minimum atomic E-state index is -0.163. The van der Waals surface area contributed by atoms with Crippen LogP contribution in [-0.4, -0.2) is 22.4 Å². The van der Waals surface area contributed by atoms with Crippen molar-refractivity contribution in [3.63, 3.8) is 0 Å². The van der Waals surface area contributed by atoms with Gasteiger partial charge >= 0.3 is 6.03 Å². The standard InChI is InChI=1S/C16H21N3O/c1-2-3-4-8-12-17-16(20)19-13-11-15(18-19)14-9-6-5-7-10-14/h5-7,9-11,13H,2-4,8,12H2,1H3,(H,17,20). The molecule has 20 heavy (non-hydrogen) atoms. The van der Waals surface area contributed by atoms with E-state index in [1.54, 1.807) is 6.20 Å². The molecule has 0 radical (unpaired) electrons. The van der Waals surface area contributed by atoms with Crippen LogP contribution in [0.4, 0.5) is 4.79 Å². The van der Waals surface area contributed by atoms with Crippen molar-refractivity contribution in [2.75, 3.05) is 6.54 Å². The van der Waals surface area contributed by atoms with E-state index < -0.39 is 0 Å². The van der Waals surface area contributed by atoms with E-state index in [-0.39, 0.29) is 6.03 Å². The molecule has 0 saturated heterocycles. The first-order chi connectivity index (χ1) is 9.81. The zero-order chi connectivity index (χ0) is 14.2. The van der Waals surface area contributed by atoms with Crippen LogP contribution in [0.2, 0.25) is 0 Å². The maximum absolute atomic E-state index is 11.9. The Morgan fingerprint density at radius 2 is 1.95 bits per heavy atom. The highest BCUT2D eigenvalue weighted by Gasteiger charge is 2.07. The van der Waals surface area contributed by atoms with E-state index in [0.717, 1.165) is 24.1 Å². The lowest BCUT2D eigenvalue weighted by atomic mass is 10.2. The van der Waals surface area contributed by atoms with Crippen molar-refractivity contribution in [2.45, 2.75) is 32.6 Å². The van der Waals surface area contributed by atoms with Crippen molar-refractivity contribution < 1.29 is 4.79 Å². The summed E-state index contributed by atoms with van der Waals surface area (Å²) >= 11 is 0. The molecule has 2 rings (SSSR count). The van der Waals surface area contributed by atoms with E-state index in [1.807, 2.05) is 36.4 Å². The molecule has 4 nitrogen and oxygen atoms in total. The Bertz CT molecular complexity index is 534. The van der Waals surface area contributed by atoms with Gasteiger partial charge in [0.05, 0.1) is 5.69 Å². The Hall–Kier alpha value is -2.10. The van der Waals surface area contributed by atoms with Gasteiger partial charge in [-0.3, -0.25) is 0 Å². The Balaban J connectivity index is 1.87. The summed E-state index contributed by atoms with van der Waals surface area (Å²) in [4.78, 5) is 11.9. The molecule has 1 amide bonds. The van der Waals surface area contributed by atoms with Gasteiger partial charge in [-0.2, -0.15) is 9.78 Å². The number of amides is 1. The third-order valence-corrected chi connectivity index (χ3v) is 3.17. The van der Waals surface area contributed by atoms with Crippen LogP contribution >= 0.6 is 0 Å². The molecular formula is C16H21N3O. The number of rotatable bonds is 6. The van der Waals surface area contributed by atoms with Crippen LogP contribution in [0.5, 0.6) is 0 Å². The van der Waals surface area contributed by atoms with Gasteiger partial charge in [0.15, 0.2) is 0 Å². The van der Waals surface area contributed by atoms with E-state index in [0.29, 0.717) is 6.54 Å². The SMILES string of the molecule is CCCCCCNC(=O)n1ccc(-c2ccccc2)n1. The number of carbonyl (C=O) groups excluding carboxylic acids is 1. The first-order valence-corrected chi connectivity index (χ1v) is 7.20. The van der Waals surface area contributed by atoms with Crippen LogP contribution < -0.4 is 5.32 Å². The molecule has 2 aromatic rings. The highest BCUT2D eigenvalue weighted by molar-refractivity contribution is 5.76. The van der Waals surface area contributed by atoms with Gasteiger partial charge in [-0.05, 0) is 12.5 Å². The van der Waals surface area contributed by atoms with Crippen LogP contribution in [0.1, 0.15) is 32.6 Å². The fraction of sp³-hybridized carbons (Fsp3) is 0.375. The molecule has 0 unspecified atom stereocenters. The number of unbranched alkanes of at least 4 members (excludes halogenated alkanes) is 3. The Morgan fingerprint density at radius 3 is 2.70 bits per heavy atom. The molecule has 0 fully saturated rings. The van der Waals surface area contributed by atoms with Crippen LogP contribution in [-0.2, 0) is 0 Å². The number of nitrogens with zero attached hydrogens (tertiary/aromatic N) is 2. The van der Waals surface area contributed by atoms with E-state index >= 15 is 0 Å². The minimum Gasteiger partial charge on any atom is -0.336 e.